The van der Waals surface area contributed by atoms with Crippen molar-refractivity contribution in [2.24, 2.45) is 5.92 Å². The number of hydrogen-bond donors (Lipinski definition) is 1. The van der Waals surface area contributed by atoms with Crippen LogP contribution >= 0.6 is 0 Å². The lowest BCUT2D eigenvalue weighted by atomic mass is 9.89. The highest BCUT2D eigenvalue weighted by Gasteiger charge is 2.29. The number of piperidine rings is 1. The molecule has 3 nitrogen and oxygen atoms in total. The molecule has 0 radical (unpaired) electrons. The highest BCUT2D eigenvalue weighted by atomic mass is 16.3. The third kappa shape index (κ3) is 2.47. The standard InChI is InChI=1S/C11H21NO2/c1-3-10(8-13)11-6-4-5-7-12(11)9(2)14/h10-11,13H,3-8H2,1-2H3. The van der Waals surface area contributed by atoms with Crippen molar-refractivity contribution in [3.63, 3.8) is 0 Å². The first-order valence-corrected chi connectivity index (χ1v) is 5.58. The van der Waals surface area contributed by atoms with Gasteiger partial charge in [-0.05, 0) is 25.7 Å². The van der Waals surface area contributed by atoms with E-state index in [2.05, 4.69) is 6.92 Å². The molecule has 0 bridgehead atoms. The first kappa shape index (κ1) is 11.5. The molecule has 1 amide bonds. The van der Waals surface area contributed by atoms with Crippen LogP contribution in [0.3, 0.4) is 0 Å². The predicted molar refractivity (Wildman–Crippen MR) is 55.9 cm³/mol. The van der Waals surface area contributed by atoms with E-state index in [-0.39, 0.29) is 24.5 Å². The van der Waals surface area contributed by atoms with Gasteiger partial charge in [0.25, 0.3) is 0 Å². The summed E-state index contributed by atoms with van der Waals surface area (Å²) in [6.45, 7) is 4.78. The highest BCUT2D eigenvalue weighted by Crippen LogP contribution is 2.25. The van der Waals surface area contributed by atoms with Gasteiger partial charge < -0.3 is 10.0 Å². The molecule has 1 fully saturated rings. The summed E-state index contributed by atoms with van der Waals surface area (Å²) in [5, 5.41) is 9.24. The number of nitrogens with zero attached hydrogens (tertiary/aromatic N) is 1. The van der Waals surface area contributed by atoms with Crippen LogP contribution in [-0.2, 0) is 4.79 Å². The van der Waals surface area contributed by atoms with Crippen LogP contribution in [0.1, 0.15) is 39.5 Å². The van der Waals surface area contributed by atoms with Crippen molar-refractivity contribution in [2.75, 3.05) is 13.2 Å². The second kappa shape index (κ2) is 5.35. The Morgan fingerprint density at radius 1 is 1.57 bits per heavy atom. The first-order chi connectivity index (χ1) is 6.70. The van der Waals surface area contributed by atoms with E-state index in [0.29, 0.717) is 0 Å². The van der Waals surface area contributed by atoms with Crippen LogP contribution in [0.2, 0.25) is 0 Å². The van der Waals surface area contributed by atoms with Crippen molar-refractivity contribution < 1.29 is 9.90 Å². The minimum Gasteiger partial charge on any atom is -0.396 e. The summed E-state index contributed by atoms with van der Waals surface area (Å²) in [7, 11) is 0. The van der Waals surface area contributed by atoms with Crippen LogP contribution in [0.5, 0.6) is 0 Å². The maximum absolute atomic E-state index is 11.4. The molecular formula is C11H21NO2. The summed E-state index contributed by atoms with van der Waals surface area (Å²) in [4.78, 5) is 13.3. The van der Waals surface area contributed by atoms with Crippen LogP contribution in [0.15, 0.2) is 0 Å². The Morgan fingerprint density at radius 2 is 2.29 bits per heavy atom. The lowest BCUT2D eigenvalue weighted by Crippen LogP contribution is -2.47. The average Bonchev–Trinajstić information content (AvgIpc) is 2.20. The summed E-state index contributed by atoms with van der Waals surface area (Å²) in [6.07, 6.45) is 4.30. The molecule has 0 aromatic carbocycles. The average molecular weight is 199 g/mol. The summed E-state index contributed by atoms with van der Waals surface area (Å²) >= 11 is 0. The molecule has 1 rings (SSSR count). The molecule has 82 valence electrons. The van der Waals surface area contributed by atoms with Gasteiger partial charge in [-0.2, -0.15) is 0 Å². The number of rotatable bonds is 3. The lowest BCUT2D eigenvalue weighted by Gasteiger charge is -2.39. The first-order valence-electron chi connectivity index (χ1n) is 5.58. The van der Waals surface area contributed by atoms with Gasteiger partial charge in [0.15, 0.2) is 0 Å². The van der Waals surface area contributed by atoms with Crippen molar-refractivity contribution in [3.8, 4) is 0 Å². The van der Waals surface area contributed by atoms with Crippen LogP contribution < -0.4 is 0 Å². The minimum absolute atomic E-state index is 0.154. The third-order valence-electron chi connectivity index (χ3n) is 3.26. The Bertz CT molecular complexity index is 190. The Hall–Kier alpha value is -0.570. The molecule has 1 saturated heterocycles. The number of amides is 1. The Morgan fingerprint density at radius 3 is 2.79 bits per heavy atom. The largest absolute Gasteiger partial charge is 0.396 e. The van der Waals surface area contributed by atoms with E-state index < -0.39 is 0 Å². The number of likely N-dealkylation sites (tertiary alicyclic amines) is 1. The molecule has 0 aromatic rings. The van der Waals surface area contributed by atoms with E-state index in [1.54, 1.807) is 6.92 Å². The van der Waals surface area contributed by atoms with E-state index in [1.165, 1.54) is 6.42 Å². The van der Waals surface area contributed by atoms with Gasteiger partial charge in [-0.25, -0.2) is 0 Å². The SMILES string of the molecule is CCC(CO)C1CCCCN1C(C)=O. The fourth-order valence-electron chi connectivity index (χ4n) is 2.36. The predicted octanol–water partition coefficient (Wildman–Crippen LogP) is 1.41. The van der Waals surface area contributed by atoms with E-state index >= 15 is 0 Å². The summed E-state index contributed by atoms with van der Waals surface area (Å²) in [5.41, 5.74) is 0. The molecule has 1 N–H and O–H groups in total. The number of aliphatic hydroxyl groups excluding tert-OH is 1. The maximum atomic E-state index is 11.4. The van der Waals surface area contributed by atoms with Gasteiger partial charge >= 0.3 is 0 Å². The monoisotopic (exact) mass is 199 g/mol. The number of carbonyl (C=O) groups is 1. The third-order valence-corrected chi connectivity index (χ3v) is 3.26. The molecule has 2 unspecified atom stereocenters. The molecule has 0 saturated carbocycles. The second-order valence-corrected chi connectivity index (χ2v) is 4.13. The summed E-state index contributed by atoms with van der Waals surface area (Å²) in [5.74, 6) is 0.417. The second-order valence-electron chi connectivity index (χ2n) is 4.13. The number of aliphatic hydroxyl groups is 1. The quantitative estimate of drug-likeness (QED) is 0.746. The van der Waals surface area contributed by atoms with Gasteiger partial charge in [0.1, 0.15) is 0 Å². The molecule has 2 atom stereocenters. The van der Waals surface area contributed by atoms with Gasteiger partial charge in [-0.3, -0.25) is 4.79 Å². The number of carbonyl (C=O) groups excluding carboxylic acids is 1. The molecule has 1 aliphatic rings. The Kier molecular flexibility index (Phi) is 4.39. The lowest BCUT2D eigenvalue weighted by molar-refractivity contribution is -0.134. The topological polar surface area (TPSA) is 40.5 Å². The molecule has 1 aliphatic heterocycles. The van der Waals surface area contributed by atoms with E-state index in [1.807, 2.05) is 4.90 Å². The minimum atomic E-state index is 0.154. The fourth-order valence-corrected chi connectivity index (χ4v) is 2.36. The van der Waals surface area contributed by atoms with E-state index in [9.17, 15) is 9.90 Å². The summed E-state index contributed by atoms with van der Waals surface area (Å²) < 4.78 is 0. The van der Waals surface area contributed by atoms with Crippen molar-refractivity contribution in [2.45, 2.75) is 45.6 Å². The van der Waals surface area contributed by atoms with Crippen LogP contribution in [0.25, 0.3) is 0 Å². The zero-order valence-corrected chi connectivity index (χ0v) is 9.20. The molecular weight excluding hydrogens is 178 g/mol. The van der Waals surface area contributed by atoms with E-state index in [4.69, 9.17) is 0 Å². The van der Waals surface area contributed by atoms with Gasteiger partial charge in [0.2, 0.25) is 5.91 Å². The van der Waals surface area contributed by atoms with Crippen molar-refractivity contribution >= 4 is 5.91 Å². The Labute approximate surface area is 86.1 Å². The zero-order valence-electron chi connectivity index (χ0n) is 9.20. The van der Waals surface area contributed by atoms with Crippen molar-refractivity contribution in [3.05, 3.63) is 0 Å². The maximum Gasteiger partial charge on any atom is 0.219 e. The van der Waals surface area contributed by atoms with Gasteiger partial charge in [-0.15, -0.1) is 0 Å². The molecule has 1 heterocycles. The number of hydrogen-bond acceptors (Lipinski definition) is 2. The van der Waals surface area contributed by atoms with Gasteiger partial charge in [-0.1, -0.05) is 6.92 Å². The molecule has 14 heavy (non-hydrogen) atoms. The van der Waals surface area contributed by atoms with E-state index in [0.717, 1.165) is 25.8 Å². The van der Waals surface area contributed by atoms with Crippen LogP contribution in [-0.4, -0.2) is 35.1 Å². The van der Waals surface area contributed by atoms with Gasteiger partial charge in [0, 0.05) is 32.0 Å². The molecule has 3 heteroatoms. The Balaban J connectivity index is 2.65. The smallest absolute Gasteiger partial charge is 0.219 e. The summed E-state index contributed by atoms with van der Waals surface area (Å²) in [6, 6.07) is 0.274. The normalized spacial score (nSPS) is 24.8. The molecule has 0 spiro atoms. The highest BCUT2D eigenvalue weighted by molar-refractivity contribution is 5.73. The molecule has 0 aromatic heterocycles. The van der Waals surface area contributed by atoms with Gasteiger partial charge in [0.05, 0.1) is 0 Å². The molecule has 0 aliphatic carbocycles. The van der Waals surface area contributed by atoms with Crippen molar-refractivity contribution in [1.29, 1.82) is 0 Å². The zero-order chi connectivity index (χ0) is 10.6. The van der Waals surface area contributed by atoms with Crippen molar-refractivity contribution in [1.82, 2.24) is 4.90 Å². The fraction of sp³-hybridized carbons (Fsp3) is 0.909. The van der Waals surface area contributed by atoms with Crippen LogP contribution in [0, 0.1) is 5.92 Å². The van der Waals surface area contributed by atoms with Crippen LogP contribution in [0.4, 0.5) is 0 Å².